The third-order valence-electron chi connectivity index (χ3n) is 6.29. The van der Waals surface area contributed by atoms with E-state index >= 15 is 0 Å². The summed E-state index contributed by atoms with van der Waals surface area (Å²) in [7, 11) is 0. The molecule has 2 aliphatic rings. The first-order valence-corrected chi connectivity index (χ1v) is 11.3. The molecule has 2 heterocycles. The molecule has 1 amide bonds. The zero-order chi connectivity index (χ0) is 23.8. The number of piperidine rings is 1. The highest BCUT2D eigenvalue weighted by Crippen LogP contribution is 2.53. The van der Waals surface area contributed by atoms with Crippen LogP contribution in [0.2, 0.25) is 0 Å². The second-order valence-corrected chi connectivity index (χ2v) is 10.1. The Balaban J connectivity index is 1.46. The second kappa shape index (κ2) is 8.54. The van der Waals surface area contributed by atoms with Crippen molar-refractivity contribution in [2.75, 3.05) is 18.4 Å². The van der Waals surface area contributed by atoms with Crippen molar-refractivity contribution in [3.8, 4) is 11.9 Å². The number of aryl methyl sites for hydroxylation is 1. The third-order valence-corrected chi connectivity index (χ3v) is 6.29. The topological polar surface area (TPSA) is 100 Å². The molecule has 2 aromatic rings. The van der Waals surface area contributed by atoms with Crippen LogP contribution in [-0.2, 0) is 4.74 Å². The number of likely N-dealkylation sites (tertiary alicyclic amines) is 1. The number of anilines is 2. The zero-order valence-corrected chi connectivity index (χ0v) is 19.9. The Kier molecular flexibility index (Phi) is 5.91. The molecule has 1 N–H and O–H groups in total. The van der Waals surface area contributed by atoms with E-state index in [0.29, 0.717) is 30.4 Å². The molecule has 1 aliphatic carbocycles. The van der Waals surface area contributed by atoms with Crippen LogP contribution in [0.15, 0.2) is 24.5 Å². The van der Waals surface area contributed by atoms with Crippen LogP contribution in [0, 0.1) is 30.6 Å². The summed E-state index contributed by atoms with van der Waals surface area (Å²) in [5.74, 6) is 1.23. The van der Waals surface area contributed by atoms with Crippen molar-refractivity contribution in [2.45, 2.75) is 65.6 Å². The number of rotatable bonds is 4. The Bertz CT molecular complexity index is 1100. The van der Waals surface area contributed by atoms with E-state index < -0.39 is 5.60 Å². The number of amides is 1. The molecule has 33 heavy (non-hydrogen) atoms. The lowest BCUT2D eigenvalue weighted by atomic mass is 9.91. The molecule has 4 rings (SSSR count). The maximum Gasteiger partial charge on any atom is 0.410 e. The molecule has 1 spiro atoms. The van der Waals surface area contributed by atoms with Gasteiger partial charge >= 0.3 is 6.09 Å². The minimum Gasteiger partial charge on any atom is -0.473 e. The van der Waals surface area contributed by atoms with Gasteiger partial charge in [0.1, 0.15) is 23.9 Å². The normalized spacial score (nSPS) is 19.0. The van der Waals surface area contributed by atoms with Gasteiger partial charge in [-0.2, -0.15) is 5.26 Å². The van der Waals surface area contributed by atoms with Crippen molar-refractivity contribution in [2.24, 2.45) is 5.41 Å². The first-order chi connectivity index (χ1) is 15.6. The SMILES string of the molecule is Cc1cc(C#N)ccc1Nc1ncnc(OC2CCN(C(=O)OC(C)(C)C)CC23CC3)c1C. The first kappa shape index (κ1) is 22.8. The fraction of sp³-hybridized carbons (Fsp3) is 0.520. The number of nitriles is 1. The fourth-order valence-electron chi connectivity index (χ4n) is 4.26. The number of benzene rings is 1. The van der Waals surface area contributed by atoms with Crippen molar-refractivity contribution in [3.63, 3.8) is 0 Å². The quantitative estimate of drug-likeness (QED) is 0.710. The van der Waals surface area contributed by atoms with Crippen molar-refractivity contribution >= 4 is 17.6 Å². The van der Waals surface area contributed by atoms with Gasteiger partial charge in [-0.05, 0) is 71.2 Å². The van der Waals surface area contributed by atoms with E-state index in [9.17, 15) is 4.79 Å². The van der Waals surface area contributed by atoms with Crippen molar-refractivity contribution in [1.82, 2.24) is 14.9 Å². The summed E-state index contributed by atoms with van der Waals surface area (Å²) in [6.45, 7) is 10.8. The van der Waals surface area contributed by atoms with Gasteiger partial charge < -0.3 is 19.7 Å². The predicted octanol–water partition coefficient (Wildman–Crippen LogP) is 4.88. The van der Waals surface area contributed by atoms with Gasteiger partial charge in [0.05, 0.1) is 17.2 Å². The number of carbonyl (C=O) groups excluding carboxylic acids is 1. The minimum atomic E-state index is -0.504. The van der Waals surface area contributed by atoms with E-state index in [0.717, 1.165) is 36.1 Å². The Hall–Kier alpha value is -3.34. The molecular formula is C25H31N5O3. The Morgan fingerprint density at radius 2 is 2.03 bits per heavy atom. The lowest BCUT2D eigenvalue weighted by Gasteiger charge is -2.39. The molecule has 2 fully saturated rings. The molecule has 1 aromatic carbocycles. The summed E-state index contributed by atoms with van der Waals surface area (Å²) in [5.41, 5.74) is 2.74. The standard InChI is InChI=1S/C25H31N5O3/c1-16-12-18(13-26)6-7-19(16)29-21-17(2)22(28-15-27-21)32-20-8-11-30(14-25(20)9-10-25)23(31)33-24(3,4)5/h6-7,12,15,20H,8-11,14H2,1-5H3,(H,27,28,29). The van der Waals surface area contributed by atoms with Crippen molar-refractivity contribution in [3.05, 3.63) is 41.2 Å². The molecule has 1 saturated carbocycles. The van der Waals surface area contributed by atoms with Crippen molar-refractivity contribution < 1.29 is 14.3 Å². The summed E-state index contributed by atoms with van der Waals surface area (Å²) in [5, 5.41) is 12.4. The lowest BCUT2D eigenvalue weighted by molar-refractivity contribution is -0.00969. The van der Waals surface area contributed by atoms with Crippen LogP contribution >= 0.6 is 0 Å². The Morgan fingerprint density at radius 3 is 2.67 bits per heavy atom. The van der Waals surface area contributed by atoms with Crippen molar-refractivity contribution in [1.29, 1.82) is 5.26 Å². The minimum absolute atomic E-state index is 0.00529. The number of carbonyl (C=O) groups is 1. The van der Waals surface area contributed by atoms with E-state index in [-0.39, 0.29) is 17.6 Å². The maximum atomic E-state index is 12.6. The number of aromatic nitrogens is 2. The van der Waals surface area contributed by atoms with Gasteiger partial charge in [0.15, 0.2) is 0 Å². The summed E-state index contributed by atoms with van der Waals surface area (Å²) in [4.78, 5) is 23.2. The molecule has 1 aliphatic heterocycles. The number of hydrogen-bond donors (Lipinski definition) is 1. The van der Waals surface area contributed by atoms with Gasteiger partial charge in [-0.25, -0.2) is 14.8 Å². The predicted molar refractivity (Wildman–Crippen MR) is 124 cm³/mol. The molecule has 0 bridgehead atoms. The van der Waals surface area contributed by atoms with Gasteiger partial charge in [0.25, 0.3) is 0 Å². The summed E-state index contributed by atoms with van der Waals surface area (Å²) in [6, 6.07) is 7.65. The number of nitrogens with zero attached hydrogens (tertiary/aromatic N) is 4. The summed E-state index contributed by atoms with van der Waals surface area (Å²) >= 11 is 0. The van der Waals surface area contributed by atoms with Crippen LogP contribution in [0.3, 0.4) is 0 Å². The second-order valence-electron chi connectivity index (χ2n) is 10.1. The Morgan fingerprint density at radius 1 is 1.27 bits per heavy atom. The van der Waals surface area contributed by atoms with E-state index in [4.69, 9.17) is 14.7 Å². The van der Waals surface area contributed by atoms with Gasteiger partial charge in [-0.15, -0.1) is 0 Å². The molecule has 8 nitrogen and oxygen atoms in total. The summed E-state index contributed by atoms with van der Waals surface area (Å²) < 4.78 is 12.0. The average Bonchev–Trinajstić information content (AvgIpc) is 3.52. The van der Waals surface area contributed by atoms with Gasteiger partial charge in [-0.3, -0.25) is 0 Å². The van der Waals surface area contributed by atoms with E-state index in [1.54, 1.807) is 6.07 Å². The highest BCUT2D eigenvalue weighted by molar-refractivity contribution is 5.68. The molecule has 8 heteroatoms. The van der Waals surface area contributed by atoms with Crippen LogP contribution in [0.25, 0.3) is 0 Å². The molecule has 0 radical (unpaired) electrons. The molecular weight excluding hydrogens is 418 g/mol. The molecule has 1 saturated heterocycles. The molecule has 1 unspecified atom stereocenters. The van der Waals surface area contributed by atoms with Crippen LogP contribution < -0.4 is 10.1 Å². The van der Waals surface area contributed by atoms with Crippen LogP contribution in [0.5, 0.6) is 5.88 Å². The highest BCUT2D eigenvalue weighted by Gasteiger charge is 2.55. The summed E-state index contributed by atoms with van der Waals surface area (Å²) in [6.07, 6.45) is 4.02. The van der Waals surface area contributed by atoms with E-state index in [1.807, 2.05) is 51.7 Å². The number of ether oxygens (including phenoxy) is 2. The highest BCUT2D eigenvalue weighted by atomic mass is 16.6. The van der Waals surface area contributed by atoms with E-state index in [2.05, 4.69) is 21.4 Å². The zero-order valence-electron chi connectivity index (χ0n) is 19.9. The monoisotopic (exact) mass is 449 g/mol. The van der Waals surface area contributed by atoms with Gasteiger partial charge in [0, 0.05) is 30.6 Å². The molecule has 174 valence electrons. The largest absolute Gasteiger partial charge is 0.473 e. The average molecular weight is 450 g/mol. The Labute approximate surface area is 194 Å². The molecule has 1 atom stereocenters. The first-order valence-electron chi connectivity index (χ1n) is 11.3. The third kappa shape index (κ3) is 5.03. The van der Waals surface area contributed by atoms with Crippen LogP contribution in [0.4, 0.5) is 16.3 Å². The smallest absolute Gasteiger partial charge is 0.410 e. The number of nitrogens with one attached hydrogen (secondary N) is 1. The van der Waals surface area contributed by atoms with Crippen LogP contribution in [-0.4, -0.2) is 45.8 Å². The van der Waals surface area contributed by atoms with Gasteiger partial charge in [0.2, 0.25) is 5.88 Å². The lowest BCUT2D eigenvalue weighted by Crippen LogP contribution is -2.50. The van der Waals surface area contributed by atoms with Crippen LogP contribution in [0.1, 0.15) is 56.7 Å². The van der Waals surface area contributed by atoms with Gasteiger partial charge in [-0.1, -0.05) is 0 Å². The molecule has 1 aromatic heterocycles. The van der Waals surface area contributed by atoms with E-state index in [1.165, 1.54) is 6.33 Å². The maximum absolute atomic E-state index is 12.6. The fourth-order valence-corrected chi connectivity index (χ4v) is 4.26. The number of hydrogen-bond acceptors (Lipinski definition) is 7.